The first-order valence-corrected chi connectivity index (χ1v) is 7.06. The molecule has 0 aromatic carbocycles. The van der Waals surface area contributed by atoms with Crippen LogP contribution in [0.5, 0.6) is 0 Å². The first-order valence-electron chi connectivity index (χ1n) is 7.06. The molecule has 22 heavy (non-hydrogen) atoms. The number of rotatable bonds is 4. The van der Waals surface area contributed by atoms with Crippen LogP contribution in [0.2, 0.25) is 0 Å². The molecule has 1 saturated carbocycles. The number of nitrogens with zero attached hydrogens (tertiary/aromatic N) is 5. The number of aromatic nitrogens is 5. The molecule has 3 aromatic heterocycles. The van der Waals surface area contributed by atoms with Crippen LogP contribution in [0.15, 0.2) is 35.5 Å². The molecule has 0 bridgehead atoms. The minimum absolute atomic E-state index is 0.0988. The Morgan fingerprint density at radius 3 is 2.86 bits per heavy atom. The molecule has 0 spiro atoms. The van der Waals surface area contributed by atoms with Gasteiger partial charge >= 0.3 is 0 Å². The van der Waals surface area contributed by atoms with E-state index in [1.54, 1.807) is 30.1 Å². The van der Waals surface area contributed by atoms with Crippen molar-refractivity contribution in [3.63, 3.8) is 0 Å². The lowest BCUT2D eigenvalue weighted by Crippen LogP contribution is -2.08. The minimum atomic E-state index is -0.0988. The van der Waals surface area contributed by atoms with Crippen molar-refractivity contribution in [2.75, 3.05) is 0 Å². The van der Waals surface area contributed by atoms with Gasteiger partial charge in [-0.3, -0.25) is 4.79 Å². The van der Waals surface area contributed by atoms with Gasteiger partial charge in [-0.05, 0) is 31.9 Å². The Hall–Kier alpha value is -2.83. The van der Waals surface area contributed by atoms with E-state index in [1.165, 1.54) is 12.5 Å². The lowest BCUT2D eigenvalue weighted by molar-refractivity contribution is 0.103. The van der Waals surface area contributed by atoms with Gasteiger partial charge < -0.3 is 4.52 Å². The maximum atomic E-state index is 12.7. The molecule has 0 saturated heterocycles. The molecule has 0 N–H and O–H groups in total. The van der Waals surface area contributed by atoms with E-state index >= 15 is 0 Å². The number of carbonyl (C=O) groups is 1. The zero-order valence-corrected chi connectivity index (χ0v) is 11.9. The number of pyridine rings is 1. The molecule has 3 heterocycles. The van der Waals surface area contributed by atoms with Crippen LogP contribution >= 0.6 is 0 Å². The fraction of sp³-hybridized carbons (Fsp3) is 0.267. The molecule has 7 heteroatoms. The summed E-state index contributed by atoms with van der Waals surface area (Å²) in [7, 11) is 0. The summed E-state index contributed by atoms with van der Waals surface area (Å²) >= 11 is 0. The van der Waals surface area contributed by atoms with Crippen LogP contribution < -0.4 is 0 Å². The minimum Gasteiger partial charge on any atom is -0.360 e. The Kier molecular flexibility index (Phi) is 2.85. The third-order valence-electron chi connectivity index (χ3n) is 3.76. The van der Waals surface area contributed by atoms with Crippen molar-refractivity contribution in [1.82, 2.24) is 24.9 Å². The molecule has 7 nitrogen and oxygen atoms in total. The third-order valence-corrected chi connectivity index (χ3v) is 3.76. The van der Waals surface area contributed by atoms with Crippen LogP contribution in [0.3, 0.4) is 0 Å². The van der Waals surface area contributed by atoms with Crippen molar-refractivity contribution >= 4 is 5.78 Å². The Bertz CT molecular complexity index is 834. The van der Waals surface area contributed by atoms with E-state index in [9.17, 15) is 4.79 Å². The van der Waals surface area contributed by atoms with Crippen molar-refractivity contribution < 1.29 is 9.32 Å². The summed E-state index contributed by atoms with van der Waals surface area (Å²) in [5, 5.41) is 7.81. The van der Waals surface area contributed by atoms with E-state index in [0.29, 0.717) is 34.3 Å². The molecule has 1 fully saturated rings. The van der Waals surface area contributed by atoms with Crippen LogP contribution in [0, 0.1) is 6.92 Å². The van der Waals surface area contributed by atoms with E-state index in [-0.39, 0.29) is 5.78 Å². The average molecular weight is 295 g/mol. The van der Waals surface area contributed by atoms with Crippen LogP contribution in [-0.2, 0) is 0 Å². The van der Waals surface area contributed by atoms with Gasteiger partial charge in [-0.1, -0.05) is 5.16 Å². The highest BCUT2D eigenvalue weighted by atomic mass is 16.5. The lowest BCUT2D eigenvalue weighted by atomic mass is 10.0. The van der Waals surface area contributed by atoms with Gasteiger partial charge in [-0.2, -0.15) is 5.10 Å². The molecule has 0 radical (unpaired) electrons. The van der Waals surface area contributed by atoms with E-state index in [2.05, 4.69) is 20.2 Å². The van der Waals surface area contributed by atoms with E-state index < -0.39 is 0 Å². The monoisotopic (exact) mass is 295 g/mol. The number of carbonyl (C=O) groups excluding carboxylic acids is 1. The normalized spacial score (nSPS) is 14.2. The summed E-state index contributed by atoms with van der Waals surface area (Å²) in [6, 6.07) is 3.50. The molecular formula is C15H13N5O2. The summed E-state index contributed by atoms with van der Waals surface area (Å²) in [5.74, 6) is 1.56. The SMILES string of the molecule is Cc1nc(-n2cncn2)ccc1C(=O)c1cnoc1C1CC1. The third kappa shape index (κ3) is 2.11. The van der Waals surface area contributed by atoms with E-state index in [4.69, 9.17) is 4.52 Å². The molecule has 4 rings (SSSR count). The summed E-state index contributed by atoms with van der Waals surface area (Å²) in [6.45, 7) is 1.80. The first-order chi connectivity index (χ1) is 10.7. The number of hydrogen-bond acceptors (Lipinski definition) is 6. The lowest BCUT2D eigenvalue weighted by Gasteiger charge is -2.06. The van der Waals surface area contributed by atoms with Crippen molar-refractivity contribution in [1.29, 1.82) is 0 Å². The topological polar surface area (TPSA) is 86.7 Å². The Morgan fingerprint density at radius 2 is 2.18 bits per heavy atom. The van der Waals surface area contributed by atoms with Crippen molar-refractivity contribution in [3.05, 3.63) is 53.6 Å². The highest BCUT2D eigenvalue weighted by Crippen LogP contribution is 2.42. The van der Waals surface area contributed by atoms with Crippen molar-refractivity contribution in [3.8, 4) is 5.82 Å². The van der Waals surface area contributed by atoms with Gasteiger partial charge in [0.15, 0.2) is 17.4 Å². The number of hydrogen-bond donors (Lipinski definition) is 0. The highest BCUT2D eigenvalue weighted by Gasteiger charge is 2.33. The van der Waals surface area contributed by atoms with Gasteiger partial charge in [0, 0.05) is 11.5 Å². The number of ketones is 1. The van der Waals surface area contributed by atoms with E-state index in [0.717, 1.165) is 12.8 Å². The second-order valence-electron chi connectivity index (χ2n) is 5.35. The fourth-order valence-electron chi connectivity index (χ4n) is 2.45. The molecule has 0 atom stereocenters. The standard InChI is InChI=1S/C15H13N5O2/c1-9-11(4-5-13(19-9)20-8-16-7-17-20)14(21)12-6-18-22-15(12)10-2-3-10/h4-8,10H,2-3H2,1H3. The number of aryl methyl sites for hydroxylation is 1. The first kappa shape index (κ1) is 12.9. The van der Waals surface area contributed by atoms with Gasteiger partial charge in [0.25, 0.3) is 0 Å². The second kappa shape index (κ2) is 4.87. The van der Waals surface area contributed by atoms with Gasteiger partial charge in [-0.25, -0.2) is 14.6 Å². The van der Waals surface area contributed by atoms with Gasteiger partial charge in [0.1, 0.15) is 12.7 Å². The molecule has 0 unspecified atom stereocenters. The summed E-state index contributed by atoms with van der Waals surface area (Å²) in [6.07, 6.45) is 6.61. The Morgan fingerprint density at radius 1 is 1.32 bits per heavy atom. The molecule has 110 valence electrons. The highest BCUT2D eigenvalue weighted by molar-refractivity contribution is 6.10. The molecule has 1 aliphatic carbocycles. The maximum Gasteiger partial charge on any atom is 0.200 e. The summed E-state index contributed by atoms with van der Waals surface area (Å²) in [5.41, 5.74) is 1.73. The molecule has 0 amide bonds. The summed E-state index contributed by atoms with van der Waals surface area (Å²) in [4.78, 5) is 21.0. The molecule has 0 aliphatic heterocycles. The Labute approximate surface area is 126 Å². The van der Waals surface area contributed by atoms with Gasteiger partial charge in [0.05, 0.1) is 17.5 Å². The molecule has 1 aliphatic rings. The summed E-state index contributed by atoms with van der Waals surface area (Å²) < 4.78 is 6.79. The molecule has 3 aromatic rings. The molecular weight excluding hydrogens is 282 g/mol. The zero-order chi connectivity index (χ0) is 15.1. The van der Waals surface area contributed by atoms with Crippen molar-refractivity contribution in [2.45, 2.75) is 25.7 Å². The average Bonchev–Trinajstić information content (AvgIpc) is 3.05. The second-order valence-corrected chi connectivity index (χ2v) is 5.35. The van der Waals surface area contributed by atoms with Crippen LogP contribution in [0.1, 0.15) is 46.1 Å². The largest absolute Gasteiger partial charge is 0.360 e. The van der Waals surface area contributed by atoms with Gasteiger partial charge in [0.2, 0.25) is 0 Å². The van der Waals surface area contributed by atoms with Crippen LogP contribution in [0.4, 0.5) is 0 Å². The fourth-order valence-corrected chi connectivity index (χ4v) is 2.45. The van der Waals surface area contributed by atoms with Crippen LogP contribution in [-0.4, -0.2) is 30.7 Å². The van der Waals surface area contributed by atoms with E-state index in [1.807, 2.05) is 0 Å². The quantitative estimate of drug-likeness (QED) is 0.685. The Balaban J connectivity index is 1.70. The van der Waals surface area contributed by atoms with Crippen molar-refractivity contribution in [2.24, 2.45) is 0 Å². The smallest absolute Gasteiger partial charge is 0.200 e. The predicted molar refractivity (Wildman–Crippen MR) is 75.8 cm³/mol. The zero-order valence-electron chi connectivity index (χ0n) is 11.9. The predicted octanol–water partition coefficient (Wildman–Crippen LogP) is 2.07. The van der Waals surface area contributed by atoms with Gasteiger partial charge in [-0.15, -0.1) is 0 Å². The maximum absolute atomic E-state index is 12.7. The van der Waals surface area contributed by atoms with Crippen LogP contribution in [0.25, 0.3) is 5.82 Å².